The van der Waals surface area contributed by atoms with Crippen LogP contribution in [-0.4, -0.2) is 93.1 Å². The number of amides is 4. The molecule has 0 aliphatic carbocycles. The summed E-state index contributed by atoms with van der Waals surface area (Å²) in [4.78, 5) is 52.5. The van der Waals surface area contributed by atoms with Gasteiger partial charge in [-0.2, -0.15) is 0 Å². The van der Waals surface area contributed by atoms with Crippen molar-refractivity contribution in [2.45, 2.75) is 75.9 Å². The van der Waals surface area contributed by atoms with E-state index in [4.69, 9.17) is 11.5 Å². The SMILES string of the molecule is C[C@@H](O)[C@H](N)C(=O)N1CCCC1C(=O)N1CCCC1C(=O)N[C@H](C(N)=O)[C@@H](C)O. The van der Waals surface area contributed by atoms with Crippen molar-refractivity contribution in [2.75, 3.05) is 13.1 Å². The molecule has 29 heavy (non-hydrogen) atoms. The lowest BCUT2D eigenvalue weighted by Gasteiger charge is -2.33. The maximum atomic E-state index is 13.1. The highest BCUT2D eigenvalue weighted by atomic mass is 16.3. The Bertz CT molecular complexity index is 655. The monoisotopic (exact) mass is 413 g/mol. The lowest BCUT2D eigenvalue weighted by Crippen LogP contribution is -2.58. The van der Waals surface area contributed by atoms with E-state index in [2.05, 4.69) is 5.32 Å². The minimum atomic E-state index is -1.26. The Balaban J connectivity index is 2.11. The summed E-state index contributed by atoms with van der Waals surface area (Å²) in [5.74, 6) is -2.31. The summed E-state index contributed by atoms with van der Waals surface area (Å²) in [7, 11) is 0. The van der Waals surface area contributed by atoms with Crippen LogP contribution < -0.4 is 16.8 Å². The molecule has 2 fully saturated rings. The maximum absolute atomic E-state index is 13.1. The minimum Gasteiger partial charge on any atom is -0.391 e. The lowest BCUT2D eigenvalue weighted by atomic mass is 10.1. The summed E-state index contributed by atoms with van der Waals surface area (Å²) in [5, 5.41) is 21.6. The Morgan fingerprint density at radius 1 is 0.966 bits per heavy atom. The van der Waals surface area contributed by atoms with Crippen LogP contribution in [0.4, 0.5) is 0 Å². The number of nitrogens with zero attached hydrogens (tertiary/aromatic N) is 2. The molecule has 0 spiro atoms. The molecule has 2 aliphatic rings. The molecule has 6 atom stereocenters. The molecule has 0 radical (unpaired) electrons. The standard InChI is InChI=1S/C18H31N5O6/c1-9(24)13(19)18(29)23-8-4-6-12(23)17(28)22-7-3-5-11(22)16(27)21-14(10(2)25)15(20)26/h9-14,24-25H,3-8,19H2,1-2H3,(H2,20,26)(H,21,27)/t9-,10-,11?,12?,13+,14+/m1/s1. The Morgan fingerprint density at radius 2 is 1.52 bits per heavy atom. The van der Waals surface area contributed by atoms with Crippen LogP contribution in [0.25, 0.3) is 0 Å². The van der Waals surface area contributed by atoms with Gasteiger partial charge in [-0.15, -0.1) is 0 Å². The molecule has 7 N–H and O–H groups in total. The van der Waals surface area contributed by atoms with Crippen molar-refractivity contribution in [1.82, 2.24) is 15.1 Å². The van der Waals surface area contributed by atoms with Crippen LogP contribution in [-0.2, 0) is 19.2 Å². The number of nitrogens with one attached hydrogen (secondary N) is 1. The highest BCUT2D eigenvalue weighted by Gasteiger charge is 2.43. The highest BCUT2D eigenvalue weighted by Crippen LogP contribution is 2.25. The van der Waals surface area contributed by atoms with E-state index in [0.29, 0.717) is 38.8 Å². The number of aliphatic hydroxyl groups is 2. The quantitative estimate of drug-likeness (QED) is 0.295. The van der Waals surface area contributed by atoms with Gasteiger partial charge < -0.3 is 36.8 Å². The predicted molar refractivity (Wildman–Crippen MR) is 102 cm³/mol. The highest BCUT2D eigenvalue weighted by molar-refractivity contribution is 5.95. The first-order chi connectivity index (χ1) is 13.6. The number of rotatable bonds is 7. The van der Waals surface area contributed by atoms with Gasteiger partial charge in [0.1, 0.15) is 24.2 Å². The van der Waals surface area contributed by atoms with Crippen molar-refractivity contribution in [3.8, 4) is 0 Å². The molecular weight excluding hydrogens is 382 g/mol. The van der Waals surface area contributed by atoms with Crippen molar-refractivity contribution in [3.63, 3.8) is 0 Å². The van der Waals surface area contributed by atoms with Gasteiger partial charge in [-0.3, -0.25) is 19.2 Å². The van der Waals surface area contributed by atoms with Crippen molar-refractivity contribution < 1.29 is 29.4 Å². The molecule has 2 rings (SSSR count). The normalized spacial score (nSPS) is 26.0. The van der Waals surface area contributed by atoms with Gasteiger partial charge in [0, 0.05) is 13.1 Å². The number of hydrogen-bond acceptors (Lipinski definition) is 7. The summed E-state index contributed by atoms with van der Waals surface area (Å²) >= 11 is 0. The average molecular weight is 413 g/mol. The van der Waals surface area contributed by atoms with Gasteiger partial charge in [-0.1, -0.05) is 0 Å². The van der Waals surface area contributed by atoms with E-state index < -0.39 is 54.1 Å². The first-order valence-electron chi connectivity index (χ1n) is 9.88. The molecule has 11 nitrogen and oxygen atoms in total. The zero-order valence-electron chi connectivity index (χ0n) is 16.8. The molecule has 0 bridgehead atoms. The van der Waals surface area contributed by atoms with Gasteiger partial charge in [-0.05, 0) is 39.5 Å². The van der Waals surface area contributed by atoms with Crippen LogP contribution in [0.5, 0.6) is 0 Å². The lowest BCUT2D eigenvalue weighted by molar-refractivity contribution is -0.148. The summed E-state index contributed by atoms with van der Waals surface area (Å²) < 4.78 is 0. The van der Waals surface area contributed by atoms with Gasteiger partial charge in [0.25, 0.3) is 0 Å². The third-order valence-corrected chi connectivity index (χ3v) is 5.55. The van der Waals surface area contributed by atoms with E-state index in [-0.39, 0.29) is 5.91 Å². The molecule has 2 unspecified atom stereocenters. The molecular formula is C18H31N5O6. The Kier molecular flexibility index (Phi) is 7.55. The second-order valence-electron chi connectivity index (χ2n) is 7.77. The third-order valence-electron chi connectivity index (χ3n) is 5.55. The molecule has 0 aromatic carbocycles. The van der Waals surface area contributed by atoms with Gasteiger partial charge in [0.05, 0.1) is 12.2 Å². The number of likely N-dealkylation sites (tertiary alicyclic amines) is 2. The van der Waals surface area contributed by atoms with Crippen molar-refractivity contribution in [3.05, 3.63) is 0 Å². The predicted octanol–water partition coefficient (Wildman–Crippen LogP) is -2.97. The van der Waals surface area contributed by atoms with E-state index in [9.17, 15) is 29.4 Å². The van der Waals surface area contributed by atoms with Crippen LogP contribution in [0.1, 0.15) is 39.5 Å². The molecule has 0 saturated carbocycles. The van der Waals surface area contributed by atoms with Gasteiger partial charge in [-0.25, -0.2) is 0 Å². The topological polar surface area (TPSA) is 179 Å². The maximum Gasteiger partial charge on any atom is 0.246 e. The van der Waals surface area contributed by atoms with E-state index in [1.165, 1.54) is 23.6 Å². The fourth-order valence-electron chi connectivity index (χ4n) is 3.86. The van der Waals surface area contributed by atoms with Gasteiger partial charge >= 0.3 is 0 Å². The van der Waals surface area contributed by atoms with Crippen LogP contribution in [0.15, 0.2) is 0 Å². The second kappa shape index (κ2) is 9.51. The number of carbonyl (C=O) groups excluding carboxylic acids is 4. The molecule has 2 aliphatic heterocycles. The van der Waals surface area contributed by atoms with Crippen LogP contribution in [0.2, 0.25) is 0 Å². The van der Waals surface area contributed by atoms with Crippen molar-refractivity contribution >= 4 is 23.6 Å². The van der Waals surface area contributed by atoms with E-state index in [1.54, 1.807) is 0 Å². The largest absolute Gasteiger partial charge is 0.391 e. The number of nitrogens with two attached hydrogens (primary N) is 2. The average Bonchev–Trinajstić information content (AvgIpc) is 3.32. The Labute approximate surface area is 169 Å². The summed E-state index contributed by atoms with van der Waals surface area (Å²) in [6.45, 7) is 3.44. The van der Waals surface area contributed by atoms with E-state index >= 15 is 0 Å². The molecule has 11 heteroatoms. The summed E-state index contributed by atoms with van der Waals surface area (Å²) in [5.41, 5.74) is 11.0. The first-order valence-corrected chi connectivity index (χ1v) is 9.88. The smallest absolute Gasteiger partial charge is 0.246 e. The van der Waals surface area contributed by atoms with Crippen molar-refractivity contribution in [2.24, 2.45) is 11.5 Å². The molecule has 0 aromatic rings. The minimum absolute atomic E-state index is 0.341. The summed E-state index contributed by atoms with van der Waals surface area (Å²) in [6, 6.07) is -3.94. The molecule has 2 heterocycles. The zero-order valence-corrected chi connectivity index (χ0v) is 16.8. The number of primary amides is 1. The Hall–Kier alpha value is -2.24. The molecule has 2 saturated heterocycles. The van der Waals surface area contributed by atoms with E-state index in [0.717, 1.165) is 0 Å². The second-order valence-corrected chi connectivity index (χ2v) is 7.77. The van der Waals surface area contributed by atoms with Gasteiger partial charge in [0.15, 0.2) is 0 Å². The number of aliphatic hydroxyl groups excluding tert-OH is 2. The molecule has 0 aromatic heterocycles. The zero-order chi connectivity index (χ0) is 21.9. The number of carbonyl (C=O) groups is 4. The third kappa shape index (κ3) is 5.03. The van der Waals surface area contributed by atoms with Crippen LogP contribution in [0.3, 0.4) is 0 Å². The fraction of sp³-hybridized carbons (Fsp3) is 0.778. The van der Waals surface area contributed by atoms with Crippen LogP contribution >= 0.6 is 0 Å². The molecule has 164 valence electrons. The Morgan fingerprint density at radius 3 is 2.03 bits per heavy atom. The number of hydrogen-bond donors (Lipinski definition) is 5. The van der Waals surface area contributed by atoms with Crippen LogP contribution in [0, 0.1) is 0 Å². The fourth-order valence-corrected chi connectivity index (χ4v) is 3.86. The van der Waals surface area contributed by atoms with E-state index in [1.807, 2.05) is 0 Å². The van der Waals surface area contributed by atoms with Gasteiger partial charge in [0.2, 0.25) is 23.6 Å². The van der Waals surface area contributed by atoms with Crippen molar-refractivity contribution in [1.29, 1.82) is 0 Å². The summed E-state index contributed by atoms with van der Waals surface area (Å²) in [6.07, 6.45) is -0.170. The first kappa shape index (κ1) is 23.0. The molecule has 4 amide bonds.